The number of thioether (sulfide) groups is 1. The molecule has 4 rings (SSSR count). The number of nitrogens with one attached hydrogen (secondary N) is 1. The zero-order valence-electron chi connectivity index (χ0n) is 15.6. The van der Waals surface area contributed by atoms with Gasteiger partial charge in [0.2, 0.25) is 0 Å². The predicted octanol–water partition coefficient (Wildman–Crippen LogP) is 7.71. The second kappa shape index (κ2) is 9.20. The van der Waals surface area contributed by atoms with Crippen molar-refractivity contribution in [1.82, 2.24) is 19.3 Å². The van der Waals surface area contributed by atoms with Gasteiger partial charge < -0.3 is 5.32 Å². The lowest BCUT2D eigenvalue weighted by atomic mass is 10.2. The van der Waals surface area contributed by atoms with Crippen LogP contribution in [0.15, 0.2) is 34.5 Å². The predicted molar refractivity (Wildman–Crippen MR) is 133 cm³/mol. The van der Waals surface area contributed by atoms with E-state index in [0.29, 0.717) is 16.9 Å². The van der Waals surface area contributed by atoms with Crippen LogP contribution in [0.4, 0.5) is 20.2 Å². The Hall–Kier alpha value is -1.07. The number of aromatic nitrogens is 4. The van der Waals surface area contributed by atoms with Crippen molar-refractivity contribution in [2.75, 3.05) is 11.6 Å². The van der Waals surface area contributed by atoms with Crippen LogP contribution in [0.2, 0.25) is 5.15 Å². The molecule has 0 amide bonds. The molecule has 12 heteroatoms. The summed E-state index contributed by atoms with van der Waals surface area (Å²) in [6.07, 6.45) is -0.691. The lowest BCUT2D eigenvalue weighted by molar-refractivity contribution is 0.140. The SMILES string of the molecule is CSc1cc(-c2nc(C)cs2)ccc1Nc1cc(Cl)nc2c1nc(C(F)F)n2PI. The van der Waals surface area contributed by atoms with E-state index < -0.39 is 6.43 Å². The molecular weight excluding hydrogens is 582 g/mol. The number of thiazole rings is 1. The lowest BCUT2D eigenvalue weighted by Crippen LogP contribution is -1.96. The van der Waals surface area contributed by atoms with Crippen molar-refractivity contribution in [1.29, 1.82) is 0 Å². The third kappa shape index (κ3) is 4.29. The average Bonchev–Trinajstić information content (AvgIpc) is 3.31. The third-order valence-electron chi connectivity index (χ3n) is 4.23. The number of anilines is 2. The molecule has 0 bridgehead atoms. The van der Waals surface area contributed by atoms with E-state index in [0.717, 1.165) is 26.8 Å². The standard InChI is InChI=1S/C18H14ClF2IN5PS2/c1-8-7-30-18(23-8)9-3-4-10(12(5-9)29-2)24-11-6-13(19)25-16-14(11)26-17(15(20)21)27(16)28-22/h3-7,15,28H,1-2H3,(H,24,25). The van der Waals surface area contributed by atoms with Crippen molar-refractivity contribution in [3.05, 3.63) is 46.3 Å². The van der Waals surface area contributed by atoms with Crippen LogP contribution in [0.25, 0.3) is 21.7 Å². The fraction of sp³-hybridized carbons (Fsp3) is 0.167. The first-order chi connectivity index (χ1) is 14.4. The van der Waals surface area contributed by atoms with Crippen LogP contribution in [-0.4, -0.2) is 25.5 Å². The monoisotopic (exact) mass is 595 g/mol. The molecule has 156 valence electrons. The summed E-state index contributed by atoms with van der Waals surface area (Å²) in [5.74, 6) is -0.310. The maximum Gasteiger partial charge on any atom is 0.295 e. The number of halogens is 4. The smallest absolute Gasteiger partial charge is 0.295 e. The first-order valence-corrected chi connectivity index (χ1v) is 15.1. The van der Waals surface area contributed by atoms with Crippen molar-refractivity contribution in [2.24, 2.45) is 0 Å². The molecule has 1 atom stereocenters. The number of hydrogen-bond donors (Lipinski definition) is 1. The summed E-state index contributed by atoms with van der Waals surface area (Å²) in [5, 5.41) is 6.49. The maximum atomic E-state index is 13.5. The van der Waals surface area contributed by atoms with Crippen LogP contribution in [-0.2, 0) is 0 Å². The quantitative estimate of drug-likeness (QED) is 0.107. The van der Waals surface area contributed by atoms with Crippen molar-refractivity contribution < 1.29 is 8.78 Å². The molecule has 0 aliphatic rings. The van der Waals surface area contributed by atoms with Crippen LogP contribution in [0.5, 0.6) is 0 Å². The lowest BCUT2D eigenvalue weighted by Gasteiger charge is -2.13. The molecule has 30 heavy (non-hydrogen) atoms. The molecule has 0 radical (unpaired) electrons. The van der Waals surface area contributed by atoms with Gasteiger partial charge in [-0.05, 0) is 53.4 Å². The molecule has 5 nitrogen and oxygen atoms in total. The van der Waals surface area contributed by atoms with Crippen LogP contribution in [0.1, 0.15) is 17.9 Å². The number of nitrogens with zero attached hydrogens (tertiary/aromatic N) is 4. The highest BCUT2D eigenvalue weighted by Crippen LogP contribution is 2.40. The number of imidazole rings is 1. The number of pyridine rings is 1. The summed E-state index contributed by atoms with van der Waals surface area (Å²) in [7, 11) is 0. The molecule has 1 N–H and O–H groups in total. The number of fused-ring (bicyclic) bond motifs is 1. The van der Waals surface area contributed by atoms with Crippen LogP contribution >= 0.6 is 63.1 Å². The largest absolute Gasteiger partial charge is 0.353 e. The molecule has 0 aliphatic carbocycles. The fourth-order valence-electron chi connectivity index (χ4n) is 2.92. The van der Waals surface area contributed by atoms with Gasteiger partial charge in [0, 0.05) is 27.6 Å². The van der Waals surface area contributed by atoms with E-state index in [1.54, 1.807) is 29.2 Å². The Balaban J connectivity index is 1.79. The Bertz CT molecular complexity index is 1230. The maximum absolute atomic E-state index is 13.5. The van der Waals surface area contributed by atoms with Gasteiger partial charge in [-0.2, -0.15) is 0 Å². The Morgan fingerprint density at radius 3 is 2.67 bits per heavy atom. The van der Waals surface area contributed by atoms with Crippen LogP contribution in [0, 0.1) is 6.92 Å². The van der Waals surface area contributed by atoms with E-state index in [1.807, 2.05) is 52.7 Å². The summed E-state index contributed by atoms with van der Waals surface area (Å²) in [5.41, 5.74) is 4.08. The van der Waals surface area contributed by atoms with Gasteiger partial charge in [0.25, 0.3) is 6.43 Å². The zero-order chi connectivity index (χ0) is 21.4. The van der Waals surface area contributed by atoms with Gasteiger partial charge in [0.05, 0.1) is 17.7 Å². The summed E-state index contributed by atoms with van der Waals surface area (Å²) in [4.78, 5) is 13.9. The van der Waals surface area contributed by atoms with Gasteiger partial charge in [0.1, 0.15) is 15.7 Å². The summed E-state index contributed by atoms with van der Waals surface area (Å²) in [6.45, 7) is 1.97. The minimum atomic E-state index is -2.70. The van der Waals surface area contributed by atoms with E-state index in [9.17, 15) is 8.78 Å². The number of alkyl halides is 2. The van der Waals surface area contributed by atoms with Crippen molar-refractivity contribution in [2.45, 2.75) is 18.2 Å². The third-order valence-corrected chi connectivity index (χ3v) is 8.26. The molecule has 0 saturated carbocycles. The summed E-state index contributed by atoms with van der Waals surface area (Å²) >= 11 is 11.4. The molecule has 0 spiro atoms. The van der Waals surface area contributed by atoms with Gasteiger partial charge in [-0.3, -0.25) is 4.34 Å². The van der Waals surface area contributed by atoms with Crippen LogP contribution in [0.3, 0.4) is 0 Å². The minimum Gasteiger partial charge on any atom is -0.353 e. The van der Waals surface area contributed by atoms with Crippen molar-refractivity contribution in [3.8, 4) is 10.6 Å². The average molecular weight is 596 g/mol. The molecular formula is C18H14ClF2IN5PS2. The van der Waals surface area contributed by atoms with E-state index in [1.165, 1.54) is 4.34 Å². The van der Waals surface area contributed by atoms with E-state index in [2.05, 4.69) is 26.3 Å². The number of aryl methyl sites for hydroxylation is 1. The van der Waals surface area contributed by atoms with Gasteiger partial charge >= 0.3 is 0 Å². The number of benzene rings is 1. The Morgan fingerprint density at radius 2 is 2.03 bits per heavy atom. The highest BCUT2D eigenvalue weighted by Gasteiger charge is 2.22. The molecule has 0 saturated heterocycles. The summed E-state index contributed by atoms with van der Waals surface area (Å²) < 4.78 is 28.3. The van der Waals surface area contributed by atoms with Gasteiger partial charge in [-0.1, -0.05) is 11.6 Å². The topological polar surface area (TPSA) is 55.6 Å². The van der Waals surface area contributed by atoms with Crippen molar-refractivity contribution >= 4 is 85.7 Å². The van der Waals surface area contributed by atoms with E-state index >= 15 is 0 Å². The molecule has 0 fully saturated rings. The zero-order valence-corrected chi connectivity index (χ0v) is 21.1. The Labute approximate surface area is 199 Å². The highest BCUT2D eigenvalue weighted by atomic mass is 127. The first kappa shape index (κ1) is 22.1. The van der Waals surface area contributed by atoms with Crippen LogP contribution < -0.4 is 5.32 Å². The molecule has 4 aromatic rings. The second-order valence-electron chi connectivity index (χ2n) is 6.19. The van der Waals surface area contributed by atoms with Gasteiger partial charge in [-0.15, -0.1) is 23.1 Å². The molecule has 3 heterocycles. The molecule has 3 aromatic heterocycles. The number of rotatable bonds is 6. The molecule has 0 aliphatic heterocycles. The van der Waals surface area contributed by atoms with E-state index in [4.69, 9.17) is 11.6 Å². The van der Waals surface area contributed by atoms with E-state index in [-0.39, 0.29) is 17.4 Å². The highest BCUT2D eigenvalue weighted by molar-refractivity contribution is 14.2. The first-order valence-electron chi connectivity index (χ1n) is 8.52. The normalized spacial score (nSPS) is 12.0. The Kier molecular flexibility index (Phi) is 6.79. The van der Waals surface area contributed by atoms with Gasteiger partial charge in [-0.25, -0.2) is 23.7 Å². The van der Waals surface area contributed by atoms with Gasteiger partial charge in [0.15, 0.2) is 11.5 Å². The number of hydrogen-bond acceptors (Lipinski definition) is 6. The summed E-state index contributed by atoms with van der Waals surface area (Å²) in [6, 6.07) is 7.59. The Morgan fingerprint density at radius 1 is 1.23 bits per heavy atom. The molecule has 1 aromatic carbocycles. The molecule has 1 unspecified atom stereocenters. The second-order valence-corrected chi connectivity index (χ2v) is 10.3. The van der Waals surface area contributed by atoms with Crippen molar-refractivity contribution in [3.63, 3.8) is 0 Å². The minimum absolute atomic E-state index is 0.0278. The fourth-order valence-corrected chi connectivity index (χ4v) is 6.38.